The van der Waals surface area contributed by atoms with E-state index in [1.807, 2.05) is 0 Å². The highest BCUT2D eigenvalue weighted by Gasteiger charge is 2.42. The Balaban J connectivity index is 1.41. The summed E-state index contributed by atoms with van der Waals surface area (Å²) in [5.74, 6) is -0.163. The highest BCUT2D eigenvalue weighted by atomic mass is 35.5. The summed E-state index contributed by atoms with van der Waals surface area (Å²) in [4.78, 5) is 14.8. The van der Waals surface area contributed by atoms with E-state index < -0.39 is 0 Å². The lowest BCUT2D eigenvalue weighted by atomic mass is 10.1. The Kier molecular flexibility index (Phi) is 5.17. The van der Waals surface area contributed by atoms with Crippen molar-refractivity contribution in [1.82, 2.24) is 5.01 Å². The molecule has 0 saturated carbocycles. The molecule has 4 rings (SSSR count). The van der Waals surface area contributed by atoms with Gasteiger partial charge in [-0.25, -0.2) is 0 Å². The molecule has 1 fully saturated rings. The first-order valence-electron chi connectivity index (χ1n) is 9.16. The molecule has 0 aliphatic carbocycles. The van der Waals surface area contributed by atoms with Crippen LogP contribution in [0.3, 0.4) is 0 Å². The minimum absolute atomic E-state index is 0.0804. The first-order chi connectivity index (χ1) is 13.4. The van der Waals surface area contributed by atoms with Crippen LogP contribution in [0.1, 0.15) is 11.1 Å². The summed E-state index contributed by atoms with van der Waals surface area (Å²) in [5.41, 5.74) is 4.37. The van der Waals surface area contributed by atoms with E-state index in [-0.39, 0.29) is 24.5 Å². The van der Waals surface area contributed by atoms with E-state index in [0.29, 0.717) is 15.7 Å². The number of rotatable bonds is 4. The quantitative estimate of drug-likeness (QED) is 0.796. The van der Waals surface area contributed by atoms with E-state index in [1.54, 1.807) is 23.2 Å². The molecular formula is C20H21Cl2N5O. The summed E-state index contributed by atoms with van der Waals surface area (Å²) >= 11 is 11.9. The van der Waals surface area contributed by atoms with E-state index in [9.17, 15) is 4.79 Å². The maximum atomic E-state index is 12.5. The molecule has 6 nitrogen and oxygen atoms in total. The summed E-state index contributed by atoms with van der Waals surface area (Å²) in [6.07, 6.45) is 0. The van der Waals surface area contributed by atoms with Crippen LogP contribution in [0, 0.1) is 13.8 Å². The van der Waals surface area contributed by atoms with Crippen molar-refractivity contribution < 1.29 is 4.79 Å². The third-order valence-corrected chi connectivity index (χ3v) is 5.96. The Morgan fingerprint density at radius 3 is 2.61 bits per heavy atom. The smallest absolute Gasteiger partial charge is 0.245 e. The molecule has 1 saturated heterocycles. The van der Waals surface area contributed by atoms with E-state index in [1.165, 1.54) is 16.8 Å². The monoisotopic (exact) mass is 417 g/mol. The largest absolute Gasteiger partial charge is 0.367 e. The number of nitrogens with one attached hydrogen (secondary N) is 1. The van der Waals surface area contributed by atoms with Gasteiger partial charge in [0.1, 0.15) is 12.6 Å². The zero-order chi connectivity index (χ0) is 19.8. The predicted octanol–water partition coefficient (Wildman–Crippen LogP) is 4.49. The van der Waals surface area contributed by atoms with Gasteiger partial charge in [0.05, 0.1) is 16.1 Å². The van der Waals surface area contributed by atoms with Crippen LogP contribution in [-0.4, -0.2) is 42.6 Å². The van der Waals surface area contributed by atoms with E-state index in [2.05, 4.69) is 52.6 Å². The fraction of sp³-hybridized carbons (Fsp3) is 0.350. The lowest BCUT2D eigenvalue weighted by molar-refractivity contribution is -0.117. The SMILES string of the molecule is Cc1cccc(C)c1N1C[C@@H]2N=NN(CC(=O)Nc3ccc(Cl)c(Cl)c3)[C@H]2C1. The van der Waals surface area contributed by atoms with Crippen molar-refractivity contribution in [2.24, 2.45) is 10.3 Å². The second kappa shape index (κ2) is 7.60. The highest BCUT2D eigenvalue weighted by molar-refractivity contribution is 6.42. The van der Waals surface area contributed by atoms with Gasteiger partial charge in [-0.05, 0) is 43.2 Å². The fourth-order valence-electron chi connectivity index (χ4n) is 3.93. The van der Waals surface area contributed by atoms with Crippen LogP contribution >= 0.6 is 23.2 Å². The van der Waals surface area contributed by atoms with Crippen molar-refractivity contribution in [2.75, 3.05) is 29.9 Å². The third kappa shape index (κ3) is 3.66. The van der Waals surface area contributed by atoms with Gasteiger partial charge < -0.3 is 10.2 Å². The molecule has 2 aliphatic rings. The van der Waals surface area contributed by atoms with Crippen molar-refractivity contribution in [2.45, 2.75) is 25.9 Å². The highest BCUT2D eigenvalue weighted by Crippen LogP contribution is 2.33. The second-order valence-corrected chi connectivity index (χ2v) is 8.07. The number of amides is 1. The Morgan fingerprint density at radius 1 is 1.14 bits per heavy atom. The number of carbonyl (C=O) groups is 1. The molecule has 28 heavy (non-hydrogen) atoms. The predicted molar refractivity (Wildman–Crippen MR) is 112 cm³/mol. The molecule has 2 heterocycles. The van der Waals surface area contributed by atoms with Crippen molar-refractivity contribution in [3.05, 3.63) is 57.6 Å². The second-order valence-electron chi connectivity index (χ2n) is 7.26. The molecule has 8 heteroatoms. The molecule has 0 radical (unpaired) electrons. The van der Waals surface area contributed by atoms with Gasteiger partial charge in [-0.15, -0.1) is 0 Å². The molecule has 0 bridgehead atoms. The summed E-state index contributed by atoms with van der Waals surface area (Å²) in [6.45, 7) is 6.00. The Morgan fingerprint density at radius 2 is 1.89 bits per heavy atom. The van der Waals surface area contributed by atoms with Gasteiger partial charge >= 0.3 is 0 Å². The van der Waals surface area contributed by atoms with Gasteiger partial charge in [0.25, 0.3) is 0 Å². The van der Waals surface area contributed by atoms with Gasteiger partial charge in [0.15, 0.2) is 0 Å². The maximum Gasteiger partial charge on any atom is 0.245 e. The summed E-state index contributed by atoms with van der Waals surface area (Å²) in [7, 11) is 0. The molecule has 1 amide bonds. The number of benzene rings is 2. The van der Waals surface area contributed by atoms with E-state index in [0.717, 1.165) is 13.1 Å². The first kappa shape index (κ1) is 19.0. The molecule has 0 unspecified atom stereocenters. The molecule has 1 N–H and O–H groups in total. The van der Waals surface area contributed by atoms with Crippen molar-refractivity contribution in [1.29, 1.82) is 0 Å². The molecule has 0 spiro atoms. The lowest BCUT2D eigenvalue weighted by Gasteiger charge is -2.25. The van der Waals surface area contributed by atoms with Gasteiger partial charge in [0, 0.05) is 24.5 Å². The number of aryl methyl sites for hydroxylation is 2. The number of hydrogen-bond acceptors (Lipinski definition) is 5. The molecule has 2 aliphatic heterocycles. The molecule has 0 aromatic heterocycles. The van der Waals surface area contributed by atoms with Crippen LogP contribution < -0.4 is 10.2 Å². The number of halogens is 2. The number of para-hydroxylation sites is 1. The van der Waals surface area contributed by atoms with Crippen molar-refractivity contribution in [3.8, 4) is 0 Å². The van der Waals surface area contributed by atoms with E-state index >= 15 is 0 Å². The van der Waals surface area contributed by atoms with Crippen LogP contribution in [0.2, 0.25) is 10.0 Å². The zero-order valence-electron chi connectivity index (χ0n) is 15.7. The van der Waals surface area contributed by atoms with Gasteiger partial charge in [-0.3, -0.25) is 9.80 Å². The van der Waals surface area contributed by atoms with Crippen LogP contribution in [0.15, 0.2) is 46.7 Å². The molecular weight excluding hydrogens is 397 g/mol. The summed E-state index contributed by atoms with van der Waals surface area (Å²) in [5, 5.41) is 14.1. The molecule has 2 atom stereocenters. The minimum Gasteiger partial charge on any atom is -0.367 e. The number of nitrogens with zero attached hydrogens (tertiary/aromatic N) is 4. The van der Waals surface area contributed by atoms with Crippen LogP contribution in [0.25, 0.3) is 0 Å². The maximum absolute atomic E-state index is 12.5. The number of anilines is 2. The Hall–Kier alpha value is -2.31. The standard InChI is InChI=1S/C20H21Cl2N5O/c1-12-4-3-5-13(2)20(12)26-9-17-18(10-26)27(25-24-17)11-19(28)23-14-6-7-15(21)16(22)8-14/h3-8,17-18H,9-11H2,1-2H3,(H,23,28)/t17-,18-/m0/s1. The average Bonchev–Trinajstić information content (AvgIpc) is 3.20. The Bertz CT molecular complexity index is 928. The van der Waals surface area contributed by atoms with Crippen molar-refractivity contribution in [3.63, 3.8) is 0 Å². The van der Waals surface area contributed by atoms with Crippen LogP contribution in [0.4, 0.5) is 11.4 Å². The van der Waals surface area contributed by atoms with Gasteiger partial charge in [0.2, 0.25) is 5.91 Å². The number of hydrogen-bond donors (Lipinski definition) is 1. The normalized spacial score (nSPS) is 20.6. The lowest BCUT2D eigenvalue weighted by Crippen LogP contribution is -2.39. The molecule has 2 aromatic rings. The summed E-state index contributed by atoms with van der Waals surface area (Å²) < 4.78 is 0. The van der Waals surface area contributed by atoms with Crippen LogP contribution in [0.5, 0.6) is 0 Å². The van der Waals surface area contributed by atoms with Crippen molar-refractivity contribution >= 4 is 40.5 Å². The fourth-order valence-corrected chi connectivity index (χ4v) is 4.23. The van der Waals surface area contributed by atoms with Gasteiger partial charge in [-0.1, -0.05) is 46.6 Å². The average molecular weight is 418 g/mol. The van der Waals surface area contributed by atoms with E-state index in [4.69, 9.17) is 23.2 Å². The number of carbonyl (C=O) groups excluding carboxylic acids is 1. The first-order valence-corrected chi connectivity index (χ1v) is 9.91. The zero-order valence-corrected chi connectivity index (χ0v) is 17.2. The third-order valence-electron chi connectivity index (χ3n) is 5.22. The van der Waals surface area contributed by atoms with Crippen LogP contribution in [-0.2, 0) is 4.79 Å². The minimum atomic E-state index is -0.163. The molecule has 2 aromatic carbocycles. The van der Waals surface area contributed by atoms with Gasteiger partial charge in [-0.2, -0.15) is 5.11 Å². The topological polar surface area (TPSA) is 60.3 Å². The number of fused-ring (bicyclic) bond motifs is 1. The summed E-state index contributed by atoms with van der Waals surface area (Å²) in [6, 6.07) is 11.5. The Labute approximate surface area is 174 Å². The molecule has 146 valence electrons.